The van der Waals surface area contributed by atoms with Crippen molar-refractivity contribution in [2.24, 2.45) is 0 Å². The van der Waals surface area contributed by atoms with Crippen LogP contribution in [-0.4, -0.2) is 53.4 Å². The molecule has 2 atom stereocenters. The van der Waals surface area contributed by atoms with E-state index in [2.05, 4.69) is 9.97 Å². The summed E-state index contributed by atoms with van der Waals surface area (Å²) in [5.74, 6) is -0.482. The lowest BCUT2D eigenvalue weighted by Crippen LogP contribution is -2.37. The number of nitrogens with zero attached hydrogens (tertiary/aromatic N) is 4. The van der Waals surface area contributed by atoms with Crippen molar-refractivity contribution >= 4 is 28.6 Å². The van der Waals surface area contributed by atoms with E-state index < -0.39 is 5.78 Å². The molecule has 0 amide bonds. The molecule has 7 nitrogen and oxygen atoms in total. The molecular formula is C21H28N6O. The van der Waals surface area contributed by atoms with E-state index in [0.29, 0.717) is 0 Å². The molecule has 0 aromatic carbocycles. The molecule has 0 radical (unpaired) electrons. The molecule has 0 aliphatic rings. The van der Waals surface area contributed by atoms with Crippen LogP contribution in [0.5, 0.6) is 0 Å². The average Bonchev–Trinajstić information content (AvgIpc) is 2.72. The van der Waals surface area contributed by atoms with Crippen LogP contribution in [0, 0.1) is 10.8 Å². The smallest absolute Gasteiger partial charge is 0.220 e. The lowest BCUT2D eigenvalue weighted by atomic mass is 9.99. The molecule has 2 aromatic rings. The predicted octanol–water partition coefficient (Wildman–Crippen LogP) is 3.22. The molecule has 0 saturated heterocycles. The largest absolute Gasteiger partial charge is 0.371 e. The molecule has 0 saturated carbocycles. The first kappa shape index (κ1) is 21.2. The van der Waals surface area contributed by atoms with Gasteiger partial charge in [0.15, 0.2) is 0 Å². The molecule has 148 valence electrons. The number of anilines is 2. The summed E-state index contributed by atoms with van der Waals surface area (Å²) in [5, 5.41) is 16.4. The Hall–Kier alpha value is -3.09. The molecule has 0 bridgehead atoms. The summed E-state index contributed by atoms with van der Waals surface area (Å²) in [6.45, 7) is 3.93. The Morgan fingerprint density at radius 3 is 1.46 bits per heavy atom. The van der Waals surface area contributed by atoms with Crippen LogP contribution in [0.25, 0.3) is 0 Å². The van der Waals surface area contributed by atoms with Crippen LogP contribution in [0.4, 0.5) is 11.4 Å². The van der Waals surface area contributed by atoms with Crippen molar-refractivity contribution in [1.82, 2.24) is 9.97 Å². The summed E-state index contributed by atoms with van der Waals surface area (Å²) in [6, 6.07) is 7.48. The molecule has 0 fully saturated rings. The highest BCUT2D eigenvalue weighted by molar-refractivity contribution is 6.65. The minimum atomic E-state index is -0.482. The van der Waals surface area contributed by atoms with Gasteiger partial charge in [-0.2, -0.15) is 0 Å². The van der Waals surface area contributed by atoms with Crippen LogP contribution < -0.4 is 9.80 Å². The predicted molar refractivity (Wildman–Crippen MR) is 114 cm³/mol. The highest BCUT2D eigenvalue weighted by atomic mass is 16.1. The molecule has 0 aliphatic carbocycles. The van der Waals surface area contributed by atoms with Gasteiger partial charge in [0.1, 0.15) is 0 Å². The van der Waals surface area contributed by atoms with Crippen molar-refractivity contribution < 1.29 is 4.79 Å². The van der Waals surface area contributed by atoms with Gasteiger partial charge in [-0.05, 0) is 38.1 Å². The number of carbonyl (C=O) groups excluding carboxylic acids is 1. The summed E-state index contributed by atoms with van der Waals surface area (Å²) in [7, 11) is 3.85. The second kappa shape index (κ2) is 9.73. The lowest BCUT2D eigenvalue weighted by Gasteiger charge is -2.28. The molecule has 28 heavy (non-hydrogen) atoms. The van der Waals surface area contributed by atoms with Crippen LogP contribution in [0.2, 0.25) is 0 Å². The molecule has 7 heteroatoms. The number of pyridine rings is 2. The number of carbonyl (C=O) groups is 1. The minimum Gasteiger partial charge on any atom is -0.371 e. The molecule has 2 unspecified atom stereocenters. The van der Waals surface area contributed by atoms with Crippen molar-refractivity contribution in [2.45, 2.75) is 38.8 Å². The minimum absolute atomic E-state index is 0.0304. The Morgan fingerprint density at radius 2 is 1.14 bits per heavy atom. The number of hydrogen-bond acceptors (Lipinski definition) is 7. The number of Topliss-reactive ketones (excluding diaryl/α,β-unsaturated/α-hetero) is 1. The van der Waals surface area contributed by atoms with Gasteiger partial charge >= 0.3 is 0 Å². The Kier molecular flexibility index (Phi) is 7.37. The first-order valence-corrected chi connectivity index (χ1v) is 9.26. The number of hydrogen-bond donors (Lipinski definition) is 2. The third kappa shape index (κ3) is 5.45. The summed E-state index contributed by atoms with van der Waals surface area (Å²) in [4.78, 5) is 24.5. The van der Waals surface area contributed by atoms with E-state index in [0.717, 1.165) is 11.4 Å². The normalized spacial score (nSPS) is 12.7. The fourth-order valence-corrected chi connectivity index (χ4v) is 2.90. The van der Waals surface area contributed by atoms with Crippen LogP contribution in [0.15, 0.2) is 49.1 Å². The fourth-order valence-electron chi connectivity index (χ4n) is 2.90. The summed E-state index contributed by atoms with van der Waals surface area (Å²) >= 11 is 0. The first-order chi connectivity index (χ1) is 13.3. The molecule has 2 rings (SSSR count). The van der Waals surface area contributed by atoms with Crippen LogP contribution in [-0.2, 0) is 4.79 Å². The Morgan fingerprint density at radius 1 is 0.821 bits per heavy atom. The second-order valence-electron chi connectivity index (χ2n) is 7.03. The van der Waals surface area contributed by atoms with Gasteiger partial charge in [0.25, 0.3) is 0 Å². The van der Waals surface area contributed by atoms with Crippen molar-refractivity contribution in [3.05, 3.63) is 49.1 Å². The number of aromatic nitrogens is 2. The topological polar surface area (TPSA) is 97.0 Å². The van der Waals surface area contributed by atoms with E-state index in [1.807, 2.05) is 62.0 Å². The highest BCUT2D eigenvalue weighted by Crippen LogP contribution is 2.17. The zero-order valence-electron chi connectivity index (χ0n) is 16.9. The molecule has 0 aliphatic heterocycles. The number of nitrogens with one attached hydrogen (secondary N) is 2. The van der Waals surface area contributed by atoms with Gasteiger partial charge < -0.3 is 20.6 Å². The van der Waals surface area contributed by atoms with Crippen LogP contribution >= 0.6 is 0 Å². The quantitative estimate of drug-likeness (QED) is 0.617. The monoisotopic (exact) mass is 380 g/mol. The van der Waals surface area contributed by atoms with E-state index in [1.54, 1.807) is 24.8 Å². The Bertz CT molecular complexity index is 741. The summed E-state index contributed by atoms with van der Waals surface area (Å²) in [5.41, 5.74) is 1.89. The van der Waals surface area contributed by atoms with Crippen LogP contribution in [0.1, 0.15) is 26.7 Å². The second-order valence-corrected chi connectivity index (χ2v) is 7.03. The zero-order valence-corrected chi connectivity index (χ0v) is 16.9. The van der Waals surface area contributed by atoms with Crippen LogP contribution in [0.3, 0.4) is 0 Å². The van der Waals surface area contributed by atoms with Gasteiger partial charge in [-0.15, -0.1) is 0 Å². The van der Waals surface area contributed by atoms with Gasteiger partial charge in [-0.25, -0.2) is 0 Å². The van der Waals surface area contributed by atoms with Gasteiger partial charge in [0.2, 0.25) is 5.78 Å². The molecular weight excluding hydrogens is 352 g/mol. The lowest BCUT2D eigenvalue weighted by molar-refractivity contribution is -0.107. The Balaban J connectivity index is 1.91. The van der Waals surface area contributed by atoms with E-state index in [9.17, 15) is 4.79 Å². The fraction of sp³-hybridized carbons (Fsp3) is 0.381. The third-order valence-electron chi connectivity index (χ3n) is 5.01. The maximum absolute atomic E-state index is 12.5. The van der Waals surface area contributed by atoms with Crippen molar-refractivity contribution in [2.75, 3.05) is 23.9 Å². The standard InChI is InChI=1S/C21H28N6O/c1-15(26(3)17-5-9-24-10-6-17)13-19(22)21(28)20(23)14-16(2)27(4)18-7-11-25-12-8-18/h5-12,15-16,22-23H,13-14H2,1-4H3. The number of rotatable bonds is 10. The SMILES string of the molecule is CC(CC(=N)C(=O)C(=N)CC(C)N(C)c1ccncc1)N(C)c1ccncc1. The maximum Gasteiger partial charge on any atom is 0.220 e. The first-order valence-electron chi connectivity index (χ1n) is 9.26. The van der Waals surface area contributed by atoms with Crippen molar-refractivity contribution in [1.29, 1.82) is 10.8 Å². The molecule has 2 heterocycles. The van der Waals surface area contributed by atoms with Crippen molar-refractivity contribution in [3.8, 4) is 0 Å². The van der Waals surface area contributed by atoms with Gasteiger partial charge in [0.05, 0.1) is 11.4 Å². The van der Waals surface area contributed by atoms with E-state index in [4.69, 9.17) is 10.8 Å². The van der Waals surface area contributed by atoms with Gasteiger partial charge in [-0.1, -0.05) is 0 Å². The number of ketones is 1. The van der Waals surface area contributed by atoms with Gasteiger partial charge in [-0.3, -0.25) is 14.8 Å². The molecule has 2 aromatic heterocycles. The summed E-state index contributed by atoms with van der Waals surface area (Å²) in [6.07, 6.45) is 7.43. The average molecular weight is 380 g/mol. The highest BCUT2D eigenvalue weighted by Gasteiger charge is 2.22. The van der Waals surface area contributed by atoms with Crippen molar-refractivity contribution in [3.63, 3.8) is 0 Å². The molecule has 0 spiro atoms. The van der Waals surface area contributed by atoms with Gasteiger partial charge in [0, 0.05) is 75.2 Å². The Labute approximate surface area is 166 Å². The van der Waals surface area contributed by atoms with E-state index in [1.165, 1.54) is 0 Å². The van der Waals surface area contributed by atoms with E-state index in [-0.39, 0.29) is 36.3 Å². The molecule has 2 N–H and O–H groups in total. The van der Waals surface area contributed by atoms with E-state index >= 15 is 0 Å². The third-order valence-corrected chi connectivity index (χ3v) is 5.01. The zero-order chi connectivity index (χ0) is 20.7. The maximum atomic E-state index is 12.5. The summed E-state index contributed by atoms with van der Waals surface area (Å²) < 4.78 is 0.